The lowest BCUT2D eigenvalue weighted by atomic mass is 10.3. The number of rotatable bonds is 11. The molecule has 0 saturated carbocycles. The van der Waals surface area contributed by atoms with Gasteiger partial charge in [0.1, 0.15) is 6.29 Å². The largest absolute Gasteiger partial charge is 0.504 e. The molecule has 100 valence electrons. The number of allylic oxidation sites excluding steroid dienone is 2. The lowest BCUT2D eigenvalue weighted by Gasteiger charge is -2.27. The Kier molecular flexibility index (Phi) is 10.3. The van der Waals surface area contributed by atoms with Crippen LogP contribution in [0.25, 0.3) is 0 Å². The van der Waals surface area contributed by atoms with Crippen LogP contribution >= 0.6 is 0 Å². The highest BCUT2D eigenvalue weighted by Gasteiger charge is 2.38. The maximum absolute atomic E-state index is 10.2. The standard InChI is InChI=1S/C12H24O4Si/c1-4-14-17(15-5-2,16-6-3)12-10-8-7-9-11-13/h8,10-11H,4-7,9,12H2,1-3H3/b10-8+. The van der Waals surface area contributed by atoms with E-state index in [0.717, 1.165) is 12.7 Å². The van der Waals surface area contributed by atoms with E-state index >= 15 is 0 Å². The van der Waals surface area contributed by atoms with E-state index in [2.05, 4.69) is 0 Å². The Bertz CT molecular complexity index is 202. The van der Waals surface area contributed by atoms with Crippen LogP contribution < -0.4 is 0 Å². The number of unbranched alkanes of at least 4 members (excludes halogenated alkanes) is 1. The molecule has 0 aromatic carbocycles. The second-order valence-corrected chi connectivity index (χ2v) is 6.04. The molecular weight excluding hydrogens is 236 g/mol. The Hall–Kier alpha value is -0.493. The van der Waals surface area contributed by atoms with Crippen LogP contribution in [0.1, 0.15) is 33.6 Å². The summed E-state index contributed by atoms with van der Waals surface area (Å²) in [7, 11) is -2.53. The van der Waals surface area contributed by atoms with Crippen molar-refractivity contribution in [1.29, 1.82) is 0 Å². The van der Waals surface area contributed by atoms with E-state index < -0.39 is 8.80 Å². The van der Waals surface area contributed by atoms with Crippen molar-refractivity contribution in [3.05, 3.63) is 12.2 Å². The number of carbonyl (C=O) groups is 1. The monoisotopic (exact) mass is 260 g/mol. The molecule has 5 heteroatoms. The molecule has 0 bridgehead atoms. The maximum Gasteiger partial charge on any atom is 0.504 e. The molecule has 0 aliphatic carbocycles. The van der Waals surface area contributed by atoms with Crippen molar-refractivity contribution in [2.24, 2.45) is 0 Å². The molecule has 0 unspecified atom stereocenters. The molecule has 0 radical (unpaired) electrons. The molecule has 0 heterocycles. The van der Waals surface area contributed by atoms with E-state index in [-0.39, 0.29) is 0 Å². The molecule has 0 aromatic heterocycles. The average molecular weight is 260 g/mol. The minimum Gasteiger partial charge on any atom is -0.374 e. The van der Waals surface area contributed by atoms with Gasteiger partial charge in [-0.2, -0.15) is 0 Å². The SMILES string of the molecule is CCO[Si](C/C=C/CCC=O)(OCC)OCC. The van der Waals surface area contributed by atoms with E-state index in [4.69, 9.17) is 13.3 Å². The van der Waals surface area contributed by atoms with Gasteiger partial charge < -0.3 is 18.1 Å². The van der Waals surface area contributed by atoms with Gasteiger partial charge in [0.05, 0.1) is 0 Å². The molecule has 0 aliphatic rings. The zero-order valence-electron chi connectivity index (χ0n) is 11.1. The van der Waals surface area contributed by atoms with Crippen molar-refractivity contribution in [3.63, 3.8) is 0 Å². The fourth-order valence-electron chi connectivity index (χ4n) is 1.47. The van der Waals surface area contributed by atoms with Crippen LogP contribution in [0, 0.1) is 0 Å². The predicted molar refractivity (Wildman–Crippen MR) is 69.9 cm³/mol. The summed E-state index contributed by atoms with van der Waals surface area (Å²) in [5.74, 6) is 0. The summed E-state index contributed by atoms with van der Waals surface area (Å²) in [6, 6.07) is 0.668. The maximum atomic E-state index is 10.2. The smallest absolute Gasteiger partial charge is 0.374 e. The zero-order valence-corrected chi connectivity index (χ0v) is 12.1. The van der Waals surface area contributed by atoms with Gasteiger partial charge in [0, 0.05) is 32.3 Å². The Morgan fingerprint density at radius 3 is 1.82 bits per heavy atom. The summed E-state index contributed by atoms with van der Waals surface area (Å²) in [4.78, 5) is 10.2. The molecule has 0 fully saturated rings. The van der Waals surface area contributed by atoms with E-state index in [1.54, 1.807) is 0 Å². The van der Waals surface area contributed by atoms with Crippen LogP contribution in [0.2, 0.25) is 6.04 Å². The van der Waals surface area contributed by atoms with Gasteiger partial charge in [-0.3, -0.25) is 0 Å². The van der Waals surface area contributed by atoms with Gasteiger partial charge in [-0.15, -0.1) is 0 Å². The first-order valence-electron chi connectivity index (χ1n) is 6.25. The minimum atomic E-state index is -2.53. The highest BCUT2D eigenvalue weighted by molar-refractivity contribution is 6.61. The number of carbonyl (C=O) groups excluding carboxylic acids is 1. The van der Waals surface area contributed by atoms with E-state index in [1.807, 2.05) is 32.9 Å². The number of aldehydes is 1. The second-order valence-electron chi connectivity index (χ2n) is 3.40. The molecule has 0 rings (SSSR count). The van der Waals surface area contributed by atoms with Crippen LogP contribution in [0.3, 0.4) is 0 Å². The molecule has 0 atom stereocenters. The third kappa shape index (κ3) is 7.43. The van der Waals surface area contributed by atoms with Crippen LogP contribution in [-0.4, -0.2) is 34.9 Å². The molecule has 0 amide bonds. The Morgan fingerprint density at radius 1 is 0.882 bits per heavy atom. The normalized spacial score (nSPS) is 12.2. The van der Waals surface area contributed by atoms with Crippen LogP contribution in [0.5, 0.6) is 0 Å². The number of hydrogen-bond acceptors (Lipinski definition) is 4. The summed E-state index contributed by atoms with van der Waals surface area (Å²) in [6.07, 6.45) is 6.22. The highest BCUT2D eigenvalue weighted by Crippen LogP contribution is 2.16. The van der Waals surface area contributed by atoms with Gasteiger partial charge in [0.25, 0.3) is 0 Å². The first-order chi connectivity index (χ1) is 8.24. The third-order valence-electron chi connectivity index (χ3n) is 2.08. The lowest BCUT2D eigenvalue weighted by Crippen LogP contribution is -2.45. The van der Waals surface area contributed by atoms with Gasteiger partial charge in [-0.25, -0.2) is 0 Å². The zero-order chi connectivity index (χ0) is 13.0. The van der Waals surface area contributed by atoms with Crippen molar-refractivity contribution >= 4 is 15.1 Å². The molecule has 0 N–H and O–H groups in total. The molecule has 17 heavy (non-hydrogen) atoms. The van der Waals surface area contributed by atoms with Crippen molar-refractivity contribution in [2.45, 2.75) is 39.7 Å². The van der Waals surface area contributed by atoms with Gasteiger partial charge >= 0.3 is 8.80 Å². The Balaban J connectivity index is 4.31. The van der Waals surface area contributed by atoms with Crippen molar-refractivity contribution in [1.82, 2.24) is 0 Å². The summed E-state index contributed by atoms with van der Waals surface area (Å²) in [5.41, 5.74) is 0. The van der Waals surface area contributed by atoms with Crippen molar-refractivity contribution in [2.75, 3.05) is 19.8 Å². The van der Waals surface area contributed by atoms with Gasteiger partial charge in [-0.1, -0.05) is 12.2 Å². The lowest BCUT2D eigenvalue weighted by molar-refractivity contribution is -0.107. The van der Waals surface area contributed by atoms with Gasteiger partial charge in [0.2, 0.25) is 0 Å². The van der Waals surface area contributed by atoms with Gasteiger partial charge in [-0.05, 0) is 27.2 Å². The topological polar surface area (TPSA) is 44.8 Å². The predicted octanol–water partition coefficient (Wildman–Crippen LogP) is 2.57. The Labute approximate surface area is 105 Å². The fourth-order valence-corrected chi connectivity index (χ4v) is 3.85. The quantitative estimate of drug-likeness (QED) is 0.248. The van der Waals surface area contributed by atoms with E-state index in [1.165, 1.54) is 0 Å². The summed E-state index contributed by atoms with van der Waals surface area (Å²) >= 11 is 0. The summed E-state index contributed by atoms with van der Waals surface area (Å²) < 4.78 is 17.1. The second kappa shape index (κ2) is 10.6. The van der Waals surface area contributed by atoms with E-state index in [0.29, 0.717) is 32.3 Å². The van der Waals surface area contributed by atoms with Crippen molar-refractivity contribution in [3.8, 4) is 0 Å². The third-order valence-corrected chi connectivity index (χ3v) is 5.00. The first-order valence-corrected chi connectivity index (χ1v) is 8.18. The molecule has 4 nitrogen and oxygen atoms in total. The summed E-state index contributed by atoms with van der Waals surface area (Å²) in [6.45, 7) is 7.60. The minimum absolute atomic E-state index is 0.558. The molecule has 0 spiro atoms. The molecule has 0 saturated heterocycles. The number of hydrogen-bond donors (Lipinski definition) is 0. The van der Waals surface area contributed by atoms with E-state index in [9.17, 15) is 4.79 Å². The first kappa shape index (κ1) is 16.5. The molecule has 0 aliphatic heterocycles. The fraction of sp³-hybridized carbons (Fsp3) is 0.750. The molecule has 0 aromatic rings. The highest BCUT2D eigenvalue weighted by atomic mass is 28.4. The Morgan fingerprint density at radius 2 is 1.41 bits per heavy atom. The van der Waals surface area contributed by atoms with Crippen molar-refractivity contribution < 1.29 is 18.1 Å². The van der Waals surface area contributed by atoms with Crippen LogP contribution in [0.15, 0.2) is 12.2 Å². The van der Waals surface area contributed by atoms with Gasteiger partial charge in [0.15, 0.2) is 0 Å². The molecular formula is C12H24O4Si. The van der Waals surface area contributed by atoms with Crippen LogP contribution in [0.4, 0.5) is 0 Å². The summed E-state index contributed by atoms with van der Waals surface area (Å²) in [5, 5.41) is 0. The average Bonchev–Trinajstić information content (AvgIpc) is 2.30. The van der Waals surface area contributed by atoms with Crippen LogP contribution in [-0.2, 0) is 18.1 Å².